The second kappa shape index (κ2) is 6.96. The van der Waals surface area contributed by atoms with E-state index >= 15 is 0 Å². The van der Waals surface area contributed by atoms with E-state index in [0.717, 1.165) is 23.0 Å². The molecule has 1 aromatic carbocycles. The Hall–Kier alpha value is -3.11. The van der Waals surface area contributed by atoms with E-state index in [2.05, 4.69) is 25.8 Å². The van der Waals surface area contributed by atoms with Gasteiger partial charge in [-0.25, -0.2) is 4.98 Å². The molecule has 1 amide bonds. The third-order valence-corrected chi connectivity index (χ3v) is 6.37. The molecular weight excluding hydrogens is 451 g/mol. The van der Waals surface area contributed by atoms with Gasteiger partial charge < -0.3 is 10.6 Å². The summed E-state index contributed by atoms with van der Waals surface area (Å²) in [4.78, 5) is 17.0. The Morgan fingerprint density at radius 3 is 2.61 bits per heavy atom. The molecule has 6 nitrogen and oxygen atoms in total. The Bertz CT molecular complexity index is 1330. The Balaban J connectivity index is 1.59. The molecule has 31 heavy (non-hydrogen) atoms. The summed E-state index contributed by atoms with van der Waals surface area (Å²) in [5.41, 5.74) is 2.07. The first-order valence-electron chi connectivity index (χ1n) is 9.10. The normalized spacial score (nSPS) is 16.2. The average Bonchev–Trinajstić information content (AvgIpc) is 3.33. The lowest BCUT2D eigenvalue weighted by atomic mass is 10.0. The minimum Gasteiger partial charge on any atom is -0.360 e. The number of H-pyrrole nitrogens is 1. The van der Waals surface area contributed by atoms with E-state index in [0.29, 0.717) is 32.9 Å². The molecular formula is C20H13ClF3N5OS. The number of thiophene rings is 1. The molecule has 158 valence electrons. The van der Waals surface area contributed by atoms with Crippen LogP contribution in [0, 0.1) is 6.92 Å². The predicted octanol–water partition coefficient (Wildman–Crippen LogP) is 5.52. The van der Waals surface area contributed by atoms with Crippen molar-refractivity contribution in [2.75, 3.05) is 5.32 Å². The number of anilines is 1. The number of halogens is 4. The molecule has 1 unspecified atom stereocenters. The highest BCUT2D eigenvalue weighted by atomic mass is 35.5. The van der Waals surface area contributed by atoms with Crippen LogP contribution < -0.4 is 10.6 Å². The van der Waals surface area contributed by atoms with Crippen molar-refractivity contribution in [1.29, 1.82) is 0 Å². The monoisotopic (exact) mass is 463 g/mol. The highest BCUT2D eigenvalue weighted by Gasteiger charge is 2.36. The molecule has 0 aliphatic carbocycles. The Morgan fingerprint density at radius 2 is 1.90 bits per heavy atom. The van der Waals surface area contributed by atoms with Crippen LogP contribution >= 0.6 is 22.9 Å². The minimum absolute atomic E-state index is 0.158. The molecule has 11 heteroatoms. The van der Waals surface area contributed by atoms with E-state index < -0.39 is 23.9 Å². The number of pyridine rings is 1. The van der Waals surface area contributed by atoms with Crippen molar-refractivity contribution in [3.05, 3.63) is 63.2 Å². The molecule has 1 atom stereocenters. The fourth-order valence-corrected chi connectivity index (χ4v) is 4.86. The second-order valence-electron chi connectivity index (χ2n) is 7.07. The van der Waals surface area contributed by atoms with Crippen LogP contribution in [0.4, 0.5) is 18.9 Å². The van der Waals surface area contributed by atoms with Crippen LogP contribution in [0.25, 0.3) is 21.5 Å². The molecule has 4 heterocycles. The van der Waals surface area contributed by atoms with Gasteiger partial charge >= 0.3 is 6.18 Å². The molecule has 0 bridgehead atoms. The first-order chi connectivity index (χ1) is 14.7. The number of carbonyl (C=O) groups is 1. The summed E-state index contributed by atoms with van der Waals surface area (Å²) < 4.78 is 39.5. The number of hydrogen-bond acceptors (Lipinski definition) is 5. The highest BCUT2D eigenvalue weighted by Crippen LogP contribution is 2.43. The van der Waals surface area contributed by atoms with Gasteiger partial charge in [-0.2, -0.15) is 18.3 Å². The molecule has 3 N–H and O–H groups in total. The summed E-state index contributed by atoms with van der Waals surface area (Å²) in [7, 11) is 0. The lowest BCUT2D eigenvalue weighted by molar-refractivity contribution is -0.141. The van der Waals surface area contributed by atoms with Gasteiger partial charge in [-0.3, -0.25) is 9.89 Å². The number of hydrogen-bond donors (Lipinski definition) is 3. The second-order valence-corrected chi connectivity index (χ2v) is 8.50. The third-order valence-electron chi connectivity index (χ3n) is 5.03. The van der Waals surface area contributed by atoms with Crippen LogP contribution in [-0.2, 0) is 6.18 Å². The van der Waals surface area contributed by atoms with Crippen LogP contribution in [0.3, 0.4) is 0 Å². The number of amides is 1. The van der Waals surface area contributed by atoms with Crippen molar-refractivity contribution in [1.82, 2.24) is 20.5 Å². The first-order valence-corrected chi connectivity index (χ1v) is 10.3. The molecule has 1 aliphatic rings. The zero-order valence-corrected chi connectivity index (χ0v) is 17.3. The summed E-state index contributed by atoms with van der Waals surface area (Å²) in [6.45, 7) is 1.58. The Kier molecular flexibility index (Phi) is 4.45. The zero-order chi connectivity index (χ0) is 21.9. The van der Waals surface area contributed by atoms with Crippen LogP contribution in [0.1, 0.15) is 32.7 Å². The molecule has 3 aromatic heterocycles. The third kappa shape index (κ3) is 3.31. The molecule has 0 saturated carbocycles. The van der Waals surface area contributed by atoms with Gasteiger partial charge in [0.15, 0.2) is 0 Å². The topological polar surface area (TPSA) is 82.7 Å². The molecule has 0 spiro atoms. The molecule has 4 aromatic rings. The number of rotatable bonds is 2. The highest BCUT2D eigenvalue weighted by molar-refractivity contribution is 7.21. The largest absolute Gasteiger partial charge is 0.433 e. The summed E-state index contributed by atoms with van der Waals surface area (Å²) in [5, 5.41) is 14.2. The summed E-state index contributed by atoms with van der Waals surface area (Å²) in [6.07, 6.45) is -3.61. The van der Waals surface area contributed by atoms with E-state index in [1.165, 1.54) is 0 Å². The van der Waals surface area contributed by atoms with Crippen LogP contribution in [0.15, 0.2) is 36.5 Å². The number of alkyl halides is 3. The minimum atomic E-state index is -4.56. The molecule has 0 saturated heterocycles. The summed E-state index contributed by atoms with van der Waals surface area (Å²) >= 11 is 6.89. The van der Waals surface area contributed by atoms with Crippen molar-refractivity contribution in [2.45, 2.75) is 19.3 Å². The number of aromatic amines is 1. The van der Waals surface area contributed by atoms with Gasteiger partial charge in [-0.15, -0.1) is 11.3 Å². The number of aromatic nitrogens is 3. The number of nitrogens with zero attached hydrogens (tertiary/aromatic N) is 2. The number of fused-ring (bicyclic) bond motifs is 3. The summed E-state index contributed by atoms with van der Waals surface area (Å²) in [5.74, 6) is -0.391. The van der Waals surface area contributed by atoms with Crippen molar-refractivity contribution in [3.63, 3.8) is 0 Å². The molecule has 5 rings (SSSR count). The maximum atomic E-state index is 13.2. The quantitative estimate of drug-likeness (QED) is 0.365. The fourth-order valence-electron chi connectivity index (χ4n) is 3.62. The number of carbonyl (C=O) groups excluding carboxylic acids is 1. The number of benzene rings is 1. The van der Waals surface area contributed by atoms with Gasteiger partial charge in [0.2, 0.25) is 0 Å². The Labute approximate surface area is 182 Å². The van der Waals surface area contributed by atoms with Crippen molar-refractivity contribution in [3.8, 4) is 11.3 Å². The van der Waals surface area contributed by atoms with Crippen LogP contribution in [0.5, 0.6) is 0 Å². The molecule has 1 aliphatic heterocycles. The van der Waals surface area contributed by atoms with E-state index in [-0.39, 0.29) is 9.71 Å². The van der Waals surface area contributed by atoms with E-state index in [9.17, 15) is 18.0 Å². The van der Waals surface area contributed by atoms with Crippen LogP contribution in [-0.4, -0.2) is 21.1 Å². The first kappa shape index (κ1) is 19.8. The van der Waals surface area contributed by atoms with E-state index in [1.54, 1.807) is 25.3 Å². The molecule has 0 fully saturated rings. The summed E-state index contributed by atoms with van der Waals surface area (Å²) in [6, 6.07) is 8.12. The predicted molar refractivity (Wildman–Crippen MR) is 112 cm³/mol. The van der Waals surface area contributed by atoms with Crippen molar-refractivity contribution >= 4 is 44.7 Å². The number of nitrogens with one attached hydrogen (secondary N) is 3. The SMILES string of the molecule is Cc1cc(C(F)(F)F)nc2sc3c(c12)NC(c1cn[nH]c1-c1ccc(Cl)cc1)NC3=O. The van der Waals surface area contributed by atoms with Gasteiger partial charge in [0.1, 0.15) is 21.6 Å². The van der Waals surface area contributed by atoms with Crippen molar-refractivity contribution in [2.24, 2.45) is 0 Å². The van der Waals surface area contributed by atoms with Gasteiger partial charge in [0, 0.05) is 21.5 Å². The fraction of sp³-hybridized carbons (Fsp3) is 0.150. The molecule has 0 radical (unpaired) electrons. The van der Waals surface area contributed by atoms with Gasteiger partial charge in [0.25, 0.3) is 5.91 Å². The van der Waals surface area contributed by atoms with Crippen molar-refractivity contribution < 1.29 is 18.0 Å². The van der Waals surface area contributed by atoms with E-state index in [4.69, 9.17) is 11.6 Å². The zero-order valence-electron chi connectivity index (χ0n) is 15.8. The average molecular weight is 464 g/mol. The smallest absolute Gasteiger partial charge is 0.360 e. The number of aryl methyl sites for hydroxylation is 1. The Morgan fingerprint density at radius 1 is 1.16 bits per heavy atom. The van der Waals surface area contributed by atoms with Gasteiger partial charge in [-0.05, 0) is 30.7 Å². The maximum Gasteiger partial charge on any atom is 0.433 e. The standard InChI is InChI=1S/C20H13ClF3N5OS/c1-8-6-12(20(22,23)24)26-19-13(8)15-16(31-19)18(30)28-17(27-15)11-7-25-29-14(11)9-2-4-10(21)5-3-9/h2-7,17,27H,1H3,(H,25,29)(H,28,30). The lowest BCUT2D eigenvalue weighted by Crippen LogP contribution is -2.37. The van der Waals surface area contributed by atoms with Gasteiger partial charge in [-0.1, -0.05) is 23.7 Å². The lowest BCUT2D eigenvalue weighted by Gasteiger charge is -2.26. The van der Waals surface area contributed by atoms with Crippen LogP contribution in [0.2, 0.25) is 5.02 Å². The maximum absolute atomic E-state index is 13.2. The van der Waals surface area contributed by atoms with Gasteiger partial charge in [0.05, 0.1) is 17.6 Å². The van der Waals surface area contributed by atoms with E-state index in [1.807, 2.05) is 12.1 Å².